The Balaban J connectivity index is 1.67. The standard InChI is InChI=1S/C18H21F2N3O2/c1-11(2)17(25-15-5-3-12(19)9-14(15)20)18(24)22-13-4-6-16-21-7-8-23(16)10-13/h3,5,7-9,11,13,17H,4,6,10H2,1-2H3,(H,22,24)/t13-,17+/m1/s1. The molecule has 5 nitrogen and oxygen atoms in total. The maximum absolute atomic E-state index is 13.8. The van der Waals surface area contributed by atoms with Gasteiger partial charge in [-0.05, 0) is 24.5 Å². The van der Waals surface area contributed by atoms with Crippen molar-refractivity contribution < 1.29 is 18.3 Å². The Morgan fingerprint density at radius 2 is 2.20 bits per heavy atom. The van der Waals surface area contributed by atoms with Gasteiger partial charge in [0.2, 0.25) is 0 Å². The van der Waals surface area contributed by atoms with Gasteiger partial charge < -0.3 is 14.6 Å². The molecule has 2 aromatic rings. The summed E-state index contributed by atoms with van der Waals surface area (Å²) in [5, 5.41) is 2.97. The molecule has 1 N–H and O–H groups in total. The van der Waals surface area contributed by atoms with Gasteiger partial charge in [0.05, 0.1) is 0 Å². The largest absolute Gasteiger partial charge is 0.477 e. The lowest BCUT2D eigenvalue weighted by molar-refractivity contribution is -0.130. The summed E-state index contributed by atoms with van der Waals surface area (Å²) in [4.78, 5) is 16.9. The average Bonchev–Trinajstić information content (AvgIpc) is 3.01. The van der Waals surface area contributed by atoms with Crippen molar-refractivity contribution in [3.8, 4) is 5.75 Å². The average molecular weight is 349 g/mol. The van der Waals surface area contributed by atoms with E-state index < -0.39 is 17.7 Å². The predicted octanol–water partition coefficient (Wildman–Crippen LogP) is 2.70. The van der Waals surface area contributed by atoms with E-state index in [1.807, 2.05) is 24.6 Å². The zero-order chi connectivity index (χ0) is 18.0. The Kier molecular flexibility index (Phi) is 5.01. The molecule has 0 radical (unpaired) electrons. The topological polar surface area (TPSA) is 56.1 Å². The third kappa shape index (κ3) is 3.97. The number of fused-ring (bicyclic) bond motifs is 1. The Bertz CT molecular complexity index is 761. The first-order valence-corrected chi connectivity index (χ1v) is 8.36. The minimum absolute atomic E-state index is 0.0304. The molecule has 0 aliphatic carbocycles. The zero-order valence-corrected chi connectivity index (χ0v) is 14.2. The first-order valence-electron chi connectivity index (χ1n) is 8.36. The van der Waals surface area contributed by atoms with Gasteiger partial charge in [-0.15, -0.1) is 0 Å². The van der Waals surface area contributed by atoms with Crippen LogP contribution in [0.5, 0.6) is 5.75 Å². The second-order valence-electron chi connectivity index (χ2n) is 6.60. The number of hydrogen-bond donors (Lipinski definition) is 1. The fraction of sp³-hybridized carbons (Fsp3) is 0.444. The molecule has 0 bridgehead atoms. The van der Waals surface area contributed by atoms with E-state index in [4.69, 9.17) is 4.74 Å². The molecule has 1 aromatic carbocycles. The molecule has 1 aliphatic rings. The Morgan fingerprint density at radius 1 is 1.40 bits per heavy atom. The summed E-state index contributed by atoms with van der Waals surface area (Å²) in [6.45, 7) is 4.29. The van der Waals surface area contributed by atoms with Crippen molar-refractivity contribution in [3.05, 3.63) is 48.1 Å². The fourth-order valence-electron chi connectivity index (χ4n) is 2.97. The lowest BCUT2D eigenvalue weighted by Crippen LogP contribution is -2.48. The Hall–Kier alpha value is -2.44. The monoisotopic (exact) mass is 349 g/mol. The van der Waals surface area contributed by atoms with Crippen molar-refractivity contribution in [1.82, 2.24) is 14.9 Å². The second kappa shape index (κ2) is 7.21. The van der Waals surface area contributed by atoms with Crippen LogP contribution in [0.15, 0.2) is 30.6 Å². The van der Waals surface area contributed by atoms with Crippen LogP contribution in [-0.2, 0) is 17.8 Å². The lowest BCUT2D eigenvalue weighted by Gasteiger charge is -2.28. The van der Waals surface area contributed by atoms with Gasteiger partial charge in [-0.25, -0.2) is 13.8 Å². The van der Waals surface area contributed by atoms with Crippen molar-refractivity contribution in [2.75, 3.05) is 0 Å². The van der Waals surface area contributed by atoms with Crippen molar-refractivity contribution in [1.29, 1.82) is 0 Å². The summed E-state index contributed by atoms with van der Waals surface area (Å²) in [5.74, 6) is -1.09. The molecule has 2 heterocycles. The number of rotatable bonds is 5. The smallest absolute Gasteiger partial charge is 0.261 e. The first-order chi connectivity index (χ1) is 11.9. The molecule has 134 valence electrons. The molecule has 2 atom stereocenters. The van der Waals surface area contributed by atoms with E-state index in [1.54, 1.807) is 6.20 Å². The maximum atomic E-state index is 13.8. The van der Waals surface area contributed by atoms with Crippen LogP contribution in [0, 0.1) is 17.6 Å². The summed E-state index contributed by atoms with van der Waals surface area (Å²) < 4.78 is 34.4. The summed E-state index contributed by atoms with van der Waals surface area (Å²) in [7, 11) is 0. The molecule has 0 fully saturated rings. The van der Waals surface area contributed by atoms with E-state index in [2.05, 4.69) is 10.3 Å². The van der Waals surface area contributed by atoms with Crippen LogP contribution in [0.2, 0.25) is 0 Å². The van der Waals surface area contributed by atoms with Crippen LogP contribution in [-0.4, -0.2) is 27.6 Å². The predicted molar refractivity (Wildman–Crippen MR) is 88.1 cm³/mol. The van der Waals surface area contributed by atoms with E-state index >= 15 is 0 Å². The summed E-state index contributed by atoms with van der Waals surface area (Å²) in [6, 6.07) is 3.02. The van der Waals surface area contributed by atoms with Gasteiger partial charge in [-0.2, -0.15) is 0 Å². The molecule has 1 aromatic heterocycles. The van der Waals surface area contributed by atoms with Crippen molar-refractivity contribution in [2.24, 2.45) is 5.92 Å². The fourth-order valence-corrected chi connectivity index (χ4v) is 2.97. The molecule has 25 heavy (non-hydrogen) atoms. The molecule has 0 saturated heterocycles. The van der Waals surface area contributed by atoms with Crippen LogP contribution in [0.3, 0.4) is 0 Å². The van der Waals surface area contributed by atoms with E-state index in [1.165, 1.54) is 6.07 Å². The van der Waals surface area contributed by atoms with Crippen molar-refractivity contribution in [2.45, 2.75) is 45.4 Å². The number of aryl methyl sites for hydroxylation is 1. The van der Waals surface area contributed by atoms with Gasteiger partial charge in [-0.1, -0.05) is 13.8 Å². The highest BCUT2D eigenvalue weighted by Gasteiger charge is 2.29. The van der Waals surface area contributed by atoms with E-state index in [0.29, 0.717) is 6.54 Å². The van der Waals surface area contributed by atoms with Gasteiger partial charge in [-0.3, -0.25) is 4.79 Å². The molecule has 1 amide bonds. The number of carbonyl (C=O) groups is 1. The number of ether oxygens (including phenoxy) is 1. The van der Waals surface area contributed by atoms with Crippen molar-refractivity contribution >= 4 is 5.91 Å². The number of aromatic nitrogens is 2. The van der Waals surface area contributed by atoms with Gasteiger partial charge in [0, 0.05) is 37.5 Å². The first kappa shape index (κ1) is 17.4. The Labute approximate surface area is 145 Å². The molecule has 0 saturated carbocycles. The van der Waals surface area contributed by atoms with Crippen LogP contribution in [0.4, 0.5) is 8.78 Å². The molecule has 7 heteroatoms. The maximum Gasteiger partial charge on any atom is 0.261 e. The van der Waals surface area contributed by atoms with E-state index in [-0.39, 0.29) is 23.6 Å². The van der Waals surface area contributed by atoms with Gasteiger partial charge in [0.1, 0.15) is 11.6 Å². The number of carbonyl (C=O) groups excluding carboxylic acids is 1. The normalized spacial score (nSPS) is 17.9. The third-order valence-corrected chi connectivity index (χ3v) is 4.29. The number of benzene rings is 1. The summed E-state index contributed by atoms with van der Waals surface area (Å²) in [6.07, 6.45) is 4.36. The molecular weight excluding hydrogens is 328 g/mol. The molecule has 0 unspecified atom stereocenters. The highest BCUT2D eigenvalue weighted by molar-refractivity contribution is 5.81. The Morgan fingerprint density at radius 3 is 2.92 bits per heavy atom. The highest BCUT2D eigenvalue weighted by atomic mass is 19.1. The molecule has 3 rings (SSSR count). The number of nitrogens with zero attached hydrogens (tertiary/aromatic N) is 2. The van der Waals surface area contributed by atoms with Crippen LogP contribution in [0.25, 0.3) is 0 Å². The van der Waals surface area contributed by atoms with Gasteiger partial charge in [0.15, 0.2) is 17.7 Å². The van der Waals surface area contributed by atoms with Gasteiger partial charge >= 0.3 is 0 Å². The minimum atomic E-state index is -0.857. The summed E-state index contributed by atoms with van der Waals surface area (Å²) in [5.41, 5.74) is 0. The number of hydrogen-bond acceptors (Lipinski definition) is 3. The zero-order valence-electron chi connectivity index (χ0n) is 14.2. The van der Waals surface area contributed by atoms with E-state index in [0.717, 1.165) is 30.8 Å². The van der Waals surface area contributed by atoms with Crippen LogP contribution >= 0.6 is 0 Å². The second-order valence-corrected chi connectivity index (χ2v) is 6.60. The van der Waals surface area contributed by atoms with Crippen LogP contribution < -0.4 is 10.1 Å². The SMILES string of the molecule is CC(C)[C@H](Oc1ccc(F)cc1F)C(=O)N[C@@H]1CCc2nccn2C1. The van der Waals surface area contributed by atoms with E-state index in [9.17, 15) is 13.6 Å². The minimum Gasteiger partial charge on any atom is -0.477 e. The van der Waals surface area contributed by atoms with Crippen LogP contribution in [0.1, 0.15) is 26.1 Å². The quantitative estimate of drug-likeness (QED) is 0.903. The molecular formula is C18H21F2N3O2. The third-order valence-electron chi connectivity index (χ3n) is 4.29. The number of halogens is 2. The summed E-state index contributed by atoms with van der Waals surface area (Å²) >= 11 is 0. The van der Waals surface area contributed by atoms with Gasteiger partial charge in [0.25, 0.3) is 5.91 Å². The number of imidazole rings is 1. The highest BCUT2D eigenvalue weighted by Crippen LogP contribution is 2.22. The molecule has 0 spiro atoms. The molecule has 1 aliphatic heterocycles. The lowest BCUT2D eigenvalue weighted by atomic mass is 10.0. The number of nitrogens with one attached hydrogen (secondary N) is 1. The van der Waals surface area contributed by atoms with Crippen molar-refractivity contribution in [3.63, 3.8) is 0 Å². The number of amides is 1.